The number of amides is 2. The highest BCUT2D eigenvalue weighted by atomic mass is 35.5. The van der Waals surface area contributed by atoms with Gasteiger partial charge in [-0.15, -0.1) is 0 Å². The van der Waals surface area contributed by atoms with Gasteiger partial charge in [-0.1, -0.05) is 58.4 Å². The van der Waals surface area contributed by atoms with Gasteiger partial charge in [-0.25, -0.2) is 9.59 Å². The Bertz CT molecular complexity index is 1080. The average molecular weight is 469 g/mol. The van der Waals surface area contributed by atoms with Crippen LogP contribution in [0.1, 0.15) is 69.4 Å². The first-order chi connectivity index (χ1) is 15.3. The minimum absolute atomic E-state index is 0.149. The fraction of sp³-hybridized carbons (Fsp3) is 0.407. The van der Waals surface area contributed by atoms with E-state index in [9.17, 15) is 9.59 Å². The van der Waals surface area contributed by atoms with Crippen LogP contribution in [0.15, 0.2) is 54.2 Å². The molecule has 3 rings (SSSR count). The summed E-state index contributed by atoms with van der Waals surface area (Å²) in [6.45, 7) is 12.8. The molecular weight excluding hydrogens is 436 g/mol. The Morgan fingerprint density at radius 2 is 1.79 bits per heavy atom. The zero-order valence-corrected chi connectivity index (χ0v) is 21.0. The maximum atomic E-state index is 13.2. The van der Waals surface area contributed by atoms with Gasteiger partial charge in [0, 0.05) is 11.2 Å². The number of urea groups is 1. The molecule has 6 heteroatoms. The summed E-state index contributed by atoms with van der Waals surface area (Å²) in [6, 6.07) is 12.1. The third-order valence-electron chi connectivity index (χ3n) is 6.21. The van der Waals surface area contributed by atoms with Crippen LogP contribution >= 0.6 is 11.6 Å². The quantitative estimate of drug-likeness (QED) is 0.479. The standard InChI is InChI=1S/C27H33ClN2O3/c1-17(2)22-16-30(21-11-8-19(9-12-21)24(31)32)25(33)29-27(22,6)20-10-7-18(23(28)15-20)13-14-26(3,4)5/h7-12,15-17H,13-14H2,1-6H3,(H,29,33)(H,31,32). The van der Waals surface area contributed by atoms with Gasteiger partial charge < -0.3 is 10.4 Å². The van der Waals surface area contributed by atoms with Gasteiger partial charge >= 0.3 is 12.0 Å². The van der Waals surface area contributed by atoms with Crippen LogP contribution in [-0.4, -0.2) is 17.1 Å². The van der Waals surface area contributed by atoms with Crippen LogP contribution in [0.25, 0.3) is 0 Å². The number of hydrogen-bond donors (Lipinski definition) is 2. The molecule has 0 saturated carbocycles. The van der Waals surface area contributed by atoms with Gasteiger partial charge in [0.1, 0.15) is 0 Å². The molecule has 2 N–H and O–H groups in total. The number of anilines is 1. The number of carboxylic acids is 1. The molecule has 5 nitrogen and oxygen atoms in total. The van der Waals surface area contributed by atoms with Crippen LogP contribution < -0.4 is 10.2 Å². The molecule has 0 saturated heterocycles. The molecule has 1 aliphatic rings. The van der Waals surface area contributed by atoms with Crippen LogP contribution in [0.3, 0.4) is 0 Å². The molecule has 1 unspecified atom stereocenters. The first-order valence-electron chi connectivity index (χ1n) is 11.3. The Labute approximate surface area is 201 Å². The maximum absolute atomic E-state index is 13.2. The van der Waals surface area contributed by atoms with E-state index >= 15 is 0 Å². The van der Waals surface area contributed by atoms with E-state index in [0.29, 0.717) is 10.7 Å². The van der Waals surface area contributed by atoms with Crippen molar-refractivity contribution < 1.29 is 14.7 Å². The van der Waals surface area contributed by atoms with Crippen molar-refractivity contribution in [2.24, 2.45) is 11.3 Å². The van der Waals surface area contributed by atoms with E-state index in [1.54, 1.807) is 12.1 Å². The number of nitrogens with zero attached hydrogens (tertiary/aromatic N) is 1. The van der Waals surface area contributed by atoms with Crippen LogP contribution in [0.5, 0.6) is 0 Å². The summed E-state index contributed by atoms with van der Waals surface area (Å²) in [4.78, 5) is 25.8. The van der Waals surface area contributed by atoms with Crippen molar-refractivity contribution in [2.75, 3.05) is 4.90 Å². The highest BCUT2D eigenvalue weighted by Crippen LogP contribution is 2.39. The minimum atomic E-state index is -1.00. The number of rotatable bonds is 6. The molecule has 0 bridgehead atoms. The number of carbonyl (C=O) groups is 2. The zero-order valence-electron chi connectivity index (χ0n) is 20.2. The summed E-state index contributed by atoms with van der Waals surface area (Å²) in [7, 11) is 0. The Morgan fingerprint density at radius 1 is 1.15 bits per heavy atom. The predicted molar refractivity (Wildman–Crippen MR) is 134 cm³/mol. The maximum Gasteiger partial charge on any atom is 0.335 e. The molecule has 1 atom stereocenters. The molecule has 176 valence electrons. The Hall–Kier alpha value is -2.79. The third kappa shape index (κ3) is 5.41. The van der Waals surface area contributed by atoms with E-state index in [0.717, 1.165) is 29.5 Å². The van der Waals surface area contributed by atoms with E-state index < -0.39 is 11.5 Å². The van der Waals surface area contributed by atoms with Crippen molar-refractivity contribution in [1.82, 2.24) is 5.32 Å². The molecule has 0 spiro atoms. The lowest BCUT2D eigenvalue weighted by Crippen LogP contribution is -2.54. The number of halogens is 1. The number of benzene rings is 2. The number of carbonyl (C=O) groups excluding carboxylic acids is 1. The summed E-state index contributed by atoms with van der Waals surface area (Å²) in [5.41, 5.74) is 3.36. The Kier molecular flexibility index (Phi) is 6.94. The molecule has 2 amide bonds. The fourth-order valence-electron chi connectivity index (χ4n) is 4.17. The molecule has 1 aliphatic heterocycles. The van der Waals surface area contributed by atoms with E-state index in [1.807, 2.05) is 19.2 Å². The summed E-state index contributed by atoms with van der Waals surface area (Å²) in [6.07, 6.45) is 3.80. The molecular formula is C27H33ClN2O3. The first-order valence-corrected chi connectivity index (χ1v) is 11.7. The van der Waals surface area contributed by atoms with Crippen molar-refractivity contribution in [3.8, 4) is 0 Å². The van der Waals surface area contributed by atoms with E-state index in [2.05, 4.69) is 52.1 Å². The van der Waals surface area contributed by atoms with Gasteiger partial charge in [0.2, 0.25) is 0 Å². The molecule has 2 aromatic rings. The lowest BCUT2D eigenvalue weighted by molar-refractivity contribution is 0.0697. The summed E-state index contributed by atoms with van der Waals surface area (Å²) < 4.78 is 0. The van der Waals surface area contributed by atoms with E-state index in [1.165, 1.54) is 17.0 Å². The van der Waals surface area contributed by atoms with Gasteiger partial charge in [0.05, 0.1) is 16.8 Å². The minimum Gasteiger partial charge on any atom is -0.478 e. The summed E-state index contributed by atoms with van der Waals surface area (Å²) >= 11 is 6.68. The van der Waals surface area contributed by atoms with Crippen LogP contribution in [0.2, 0.25) is 5.02 Å². The van der Waals surface area contributed by atoms with Crippen LogP contribution in [0.4, 0.5) is 10.5 Å². The largest absolute Gasteiger partial charge is 0.478 e. The molecule has 1 heterocycles. The predicted octanol–water partition coefficient (Wildman–Crippen LogP) is 7.00. The van der Waals surface area contributed by atoms with Crippen molar-refractivity contribution in [1.29, 1.82) is 0 Å². The SMILES string of the molecule is CC(C)C1=CN(c2ccc(C(=O)O)cc2)C(=O)NC1(C)c1ccc(CCC(C)(C)C)c(Cl)c1. The Morgan fingerprint density at radius 3 is 2.30 bits per heavy atom. The fourth-order valence-corrected chi connectivity index (χ4v) is 4.44. The number of hydrogen-bond acceptors (Lipinski definition) is 2. The van der Waals surface area contributed by atoms with E-state index in [4.69, 9.17) is 16.7 Å². The number of nitrogens with one attached hydrogen (secondary N) is 1. The third-order valence-corrected chi connectivity index (χ3v) is 6.56. The van der Waals surface area contributed by atoms with Crippen LogP contribution in [0, 0.1) is 11.3 Å². The number of carboxylic acid groups (broad SMARTS) is 1. The summed E-state index contributed by atoms with van der Waals surface area (Å²) in [5.74, 6) is -0.853. The number of aromatic carboxylic acids is 1. The average Bonchev–Trinajstić information content (AvgIpc) is 2.72. The normalized spacial score (nSPS) is 18.8. The van der Waals surface area contributed by atoms with Crippen molar-refractivity contribution >= 4 is 29.3 Å². The van der Waals surface area contributed by atoms with Gasteiger partial charge in [-0.05, 0) is 78.1 Å². The molecule has 2 aromatic carbocycles. The highest BCUT2D eigenvalue weighted by molar-refractivity contribution is 6.31. The lowest BCUT2D eigenvalue weighted by atomic mass is 9.78. The van der Waals surface area contributed by atoms with Crippen LogP contribution in [-0.2, 0) is 12.0 Å². The topological polar surface area (TPSA) is 69.6 Å². The molecule has 33 heavy (non-hydrogen) atoms. The second-order valence-corrected chi connectivity index (χ2v) is 10.8. The van der Waals surface area contributed by atoms with Gasteiger partial charge in [0.25, 0.3) is 0 Å². The second kappa shape index (κ2) is 9.22. The smallest absolute Gasteiger partial charge is 0.335 e. The molecule has 0 aliphatic carbocycles. The highest BCUT2D eigenvalue weighted by Gasteiger charge is 2.40. The molecule has 0 aromatic heterocycles. The van der Waals surface area contributed by atoms with Crippen molar-refractivity contribution in [3.05, 3.63) is 76.0 Å². The van der Waals surface area contributed by atoms with Gasteiger partial charge in [0.15, 0.2) is 0 Å². The van der Waals surface area contributed by atoms with Gasteiger partial charge in [-0.2, -0.15) is 0 Å². The van der Waals surface area contributed by atoms with E-state index in [-0.39, 0.29) is 22.9 Å². The second-order valence-electron chi connectivity index (χ2n) is 10.4. The van der Waals surface area contributed by atoms with Gasteiger partial charge in [-0.3, -0.25) is 4.90 Å². The molecule has 0 fully saturated rings. The number of aryl methyl sites for hydroxylation is 1. The monoisotopic (exact) mass is 468 g/mol. The molecule has 0 radical (unpaired) electrons. The zero-order chi connectivity index (χ0) is 24.6. The Balaban J connectivity index is 1.97. The summed E-state index contributed by atoms with van der Waals surface area (Å²) in [5, 5.41) is 13.0. The van der Waals surface area contributed by atoms with Crippen molar-refractivity contribution in [2.45, 2.75) is 59.9 Å². The lowest BCUT2D eigenvalue weighted by Gasteiger charge is -2.42. The van der Waals surface area contributed by atoms with Crippen molar-refractivity contribution in [3.63, 3.8) is 0 Å². The first kappa shape index (κ1) is 24.8.